The highest BCUT2D eigenvalue weighted by molar-refractivity contribution is 7.90. The summed E-state index contributed by atoms with van der Waals surface area (Å²) in [6.07, 6.45) is 3.29. The second-order valence-electron chi connectivity index (χ2n) is 10.0. The zero-order chi connectivity index (χ0) is 28.2. The molecule has 1 amide bonds. The number of aliphatic hydroxyl groups is 1. The maximum absolute atomic E-state index is 15.4. The van der Waals surface area contributed by atoms with Crippen molar-refractivity contribution >= 4 is 38.3 Å². The number of halogens is 1. The monoisotopic (exact) mass is 558 g/mol. The molecule has 12 nitrogen and oxygen atoms in total. The Morgan fingerprint density at radius 2 is 1.90 bits per heavy atom. The van der Waals surface area contributed by atoms with E-state index >= 15 is 4.39 Å². The molecule has 2 aliphatic carbocycles. The molecule has 5 rings (SSSR count). The fourth-order valence-corrected chi connectivity index (χ4v) is 5.11. The quantitative estimate of drug-likeness (QED) is 0.280. The van der Waals surface area contributed by atoms with Crippen LogP contribution < -0.4 is 21.9 Å². The first kappa shape index (κ1) is 26.6. The van der Waals surface area contributed by atoms with Crippen molar-refractivity contribution in [1.82, 2.24) is 18.7 Å². The van der Waals surface area contributed by atoms with Gasteiger partial charge in [-0.2, -0.15) is 4.98 Å². The SMILES string of the molecule is Cn1c(=O)c2c(nc(S(C)(=O)=O)n2C)n(CC#Cc2cc(NC(O)C3CC3)cc(NC(=O)C3CC3)c2F)c1=O. The zero-order valence-electron chi connectivity index (χ0n) is 21.5. The maximum Gasteiger partial charge on any atom is 0.333 e. The highest BCUT2D eigenvalue weighted by Gasteiger charge is 2.32. The van der Waals surface area contributed by atoms with E-state index in [1.807, 2.05) is 0 Å². The highest BCUT2D eigenvalue weighted by Crippen LogP contribution is 2.35. The van der Waals surface area contributed by atoms with E-state index in [0.717, 1.165) is 45.6 Å². The van der Waals surface area contributed by atoms with Crippen molar-refractivity contribution in [1.29, 1.82) is 0 Å². The Morgan fingerprint density at radius 1 is 1.21 bits per heavy atom. The van der Waals surface area contributed by atoms with Gasteiger partial charge in [0.05, 0.1) is 17.8 Å². The van der Waals surface area contributed by atoms with Crippen LogP contribution >= 0.6 is 0 Å². The summed E-state index contributed by atoms with van der Waals surface area (Å²) in [5, 5.41) is 15.4. The second kappa shape index (κ2) is 9.65. The number of nitrogens with one attached hydrogen (secondary N) is 2. The summed E-state index contributed by atoms with van der Waals surface area (Å²) in [7, 11) is -1.21. The lowest BCUT2D eigenvalue weighted by molar-refractivity contribution is -0.117. The molecule has 39 heavy (non-hydrogen) atoms. The van der Waals surface area contributed by atoms with Crippen molar-refractivity contribution in [3.8, 4) is 11.8 Å². The molecule has 3 N–H and O–H groups in total. The van der Waals surface area contributed by atoms with Gasteiger partial charge in [-0.15, -0.1) is 0 Å². The fourth-order valence-electron chi connectivity index (χ4n) is 4.27. The first-order valence-electron chi connectivity index (χ1n) is 12.3. The molecule has 206 valence electrons. The third-order valence-electron chi connectivity index (χ3n) is 6.77. The molecule has 2 fully saturated rings. The molecule has 0 saturated heterocycles. The fraction of sp³-hybridized carbons (Fsp3) is 0.440. The van der Waals surface area contributed by atoms with E-state index in [9.17, 15) is 27.9 Å². The normalized spacial score (nSPS) is 16.0. The average molecular weight is 559 g/mol. The molecule has 2 saturated carbocycles. The van der Waals surface area contributed by atoms with Crippen LogP contribution in [0.4, 0.5) is 15.8 Å². The molecular weight excluding hydrogens is 531 g/mol. The van der Waals surface area contributed by atoms with E-state index in [4.69, 9.17) is 0 Å². The molecule has 0 radical (unpaired) electrons. The molecule has 0 bridgehead atoms. The number of hydrogen-bond donors (Lipinski definition) is 3. The Bertz CT molecular complexity index is 1800. The van der Waals surface area contributed by atoms with E-state index in [1.54, 1.807) is 0 Å². The highest BCUT2D eigenvalue weighted by atomic mass is 32.2. The van der Waals surface area contributed by atoms with Gasteiger partial charge in [0.2, 0.25) is 20.9 Å². The van der Waals surface area contributed by atoms with E-state index in [2.05, 4.69) is 27.5 Å². The van der Waals surface area contributed by atoms with Gasteiger partial charge < -0.3 is 20.3 Å². The molecule has 2 heterocycles. The Labute approximate surface area is 222 Å². The van der Waals surface area contributed by atoms with Gasteiger partial charge in [0.25, 0.3) is 5.56 Å². The van der Waals surface area contributed by atoms with Crippen molar-refractivity contribution in [2.45, 2.75) is 43.6 Å². The summed E-state index contributed by atoms with van der Waals surface area (Å²) in [5.41, 5.74) is -1.60. The number of hydrogen-bond acceptors (Lipinski definition) is 8. The van der Waals surface area contributed by atoms with Gasteiger partial charge in [-0.25, -0.2) is 17.6 Å². The van der Waals surface area contributed by atoms with Gasteiger partial charge in [-0.05, 0) is 37.8 Å². The van der Waals surface area contributed by atoms with Crippen LogP contribution in [0.3, 0.4) is 0 Å². The largest absolute Gasteiger partial charge is 0.374 e. The number of nitrogens with zero attached hydrogens (tertiary/aromatic N) is 4. The van der Waals surface area contributed by atoms with Crippen LogP contribution in [-0.4, -0.2) is 50.6 Å². The number of carbonyl (C=O) groups excluding carboxylic acids is 1. The topological polar surface area (TPSA) is 157 Å². The first-order valence-corrected chi connectivity index (χ1v) is 14.2. The van der Waals surface area contributed by atoms with Crippen LogP contribution in [-0.2, 0) is 35.3 Å². The Morgan fingerprint density at radius 3 is 2.51 bits per heavy atom. The number of fused-ring (bicyclic) bond motifs is 1. The van der Waals surface area contributed by atoms with Gasteiger partial charge in [-0.3, -0.25) is 18.7 Å². The van der Waals surface area contributed by atoms with Gasteiger partial charge in [0.15, 0.2) is 17.0 Å². The predicted molar refractivity (Wildman–Crippen MR) is 140 cm³/mol. The van der Waals surface area contributed by atoms with Crippen molar-refractivity contribution in [3.05, 3.63) is 44.4 Å². The number of carbonyl (C=O) groups is 1. The number of aryl methyl sites for hydroxylation is 1. The summed E-state index contributed by atoms with van der Waals surface area (Å²) in [5.74, 6) is 4.19. The minimum Gasteiger partial charge on any atom is -0.374 e. The second-order valence-corrected chi connectivity index (χ2v) is 11.9. The Hall–Kier alpha value is -3.96. The standard InChI is InChI=1S/C25H27FN6O6S/c1-30-19-20(29-24(30)39(3,37)38)32(25(36)31(2)23(19)35)10-4-5-15-11-16(27-21(33)13-6-7-13)12-17(18(15)26)28-22(34)14-8-9-14/h11-14,21,27,33H,6-10H2,1-3H3,(H,28,34). The van der Waals surface area contributed by atoms with Crippen LogP contribution in [0.15, 0.2) is 26.9 Å². The molecule has 1 unspecified atom stereocenters. The van der Waals surface area contributed by atoms with Crippen LogP contribution in [0.2, 0.25) is 0 Å². The van der Waals surface area contributed by atoms with Crippen LogP contribution in [0.25, 0.3) is 11.2 Å². The number of sulfone groups is 1. The maximum atomic E-state index is 15.4. The molecule has 14 heteroatoms. The predicted octanol–water partition coefficient (Wildman–Crippen LogP) is 0.517. The number of amides is 1. The van der Waals surface area contributed by atoms with Gasteiger partial charge in [-0.1, -0.05) is 11.8 Å². The third-order valence-corrected chi connectivity index (χ3v) is 7.80. The number of aromatic nitrogens is 4. The minimum absolute atomic E-state index is 0.0864. The molecule has 2 aromatic heterocycles. The van der Waals surface area contributed by atoms with Crippen molar-refractivity contribution in [2.75, 3.05) is 16.9 Å². The summed E-state index contributed by atoms with van der Waals surface area (Å²) in [4.78, 5) is 41.9. The summed E-state index contributed by atoms with van der Waals surface area (Å²) >= 11 is 0. The van der Waals surface area contributed by atoms with E-state index in [0.29, 0.717) is 5.69 Å². The Kier molecular flexibility index (Phi) is 6.59. The van der Waals surface area contributed by atoms with Crippen molar-refractivity contribution in [3.63, 3.8) is 0 Å². The lowest BCUT2D eigenvalue weighted by Gasteiger charge is -2.16. The molecule has 1 atom stereocenters. The van der Waals surface area contributed by atoms with Crippen LogP contribution in [0, 0.1) is 29.5 Å². The number of anilines is 2. The lowest BCUT2D eigenvalue weighted by atomic mass is 10.1. The van der Waals surface area contributed by atoms with Crippen LogP contribution in [0.5, 0.6) is 0 Å². The molecule has 0 spiro atoms. The average Bonchev–Trinajstić information content (AvgIpc) is 3.78. The number of rotatable bonds is 7. The van der Waals surface area contributed by atoms with Gasteiger partial charge in [0.1, 0.15) is 6.23 Å². The smallest absolute Gasteiger partial charge is 0.333 e. The molecule has 0 aliphatic heterocycles. The number of aliphatic hydroxyl groups excluding tert-OH is 1. The van der Waals surface area contributed by atoms with Crippen molar-refractivity contribution < 1.29 is 22.7 Å². The lowest BCUT2D eigenvalue weighted by Crippen LogP contribution is -2.38. The molecule has 1 aromatic carbocycles. The van der Waals surface area contributed by atoms with Crippen LogP contribution in [0.1, 0.15) is 31.2 Å². The number of benzene rings is 1. The van der Waals surface area contributed by atoms with Crippen molar-refractivity contribution in [2.24, 2.45) is 25.9 Å². The zero-order valence-corrected chi connectivity index (χ0v) is 22.3. The first-order chi connectivity index (χ1) is 18.4. The van der Waals surface area contributed by atoms with E-state index < -0.39 is 38.3 Å². The Balaban J connectivity index is 1.55. The summed E-state index contributed by atoms with van der Waals surface area (Å²) in [6, 6.07) is 2.79. The van der Waals surface area contributed by atoms with Gasteiger partial charge >= 0.3 is 5.69 Å². The summed E-state index contributed by atoms with van der Waals surface area (Å²) in [6.45, 7) is -0.338. The molecule has 3 aromatic rings. The van der Waals surface area contributed by atoms with E-state index in [-0.39, 0.29) is 46.7 Å². The molecule has 2 aliphatic rings. The third kappa shape index (κ3) is 5.19. The van der Waals surface area contributed by atoms with E-state index in [1.165, 1.54) is 26.2 Å². The summed E-state index contributed by atoms with van der Waals surface area (Å²) < 4.78 is 42.6. The number of imidazole rings is 1. The molecular formula is C25H27FN6O6S. The minimum atomic E-state index is -3.82. The van der Waals surface area contributed by atoms with Gasteiger partial charge in [0, 0.05) is 37.9 Å².